The molecule has 3 aromatic rings. The van der Waals surface area contributed by atoms with E-state index >= 15 is 0 Å². The van der Waals surface area contributed by atoms with E-state index in [0.29, 0.717) is 55.5 Å². The largest absolute Gasteiger partial charge is 0.491 e. The van der Waals surface area contributed by atoms with Gasteiger partial charge in [0.2, 0.25) is 25.5 Å². The Balaban J connectivity index is 1.15. The van der Waals surface area contributed by atoms with Crippen LogP contribution in [0.3, 0.4) is 0 Å². The summed E-state index contributed by atoms with van der Waals surface area (Å²) in [6.07, 6.45) is 3.72. The summed E-state index contributed by atoms with van der Waals surface area (Å²) in [6.45, 7) is 3.52. The lowest BCUT2D eigenvalue weighted by Crippen LogP contribution is -2.47. The predicted octanol–water partition coefficient (Wildman–Crippen LogP) is 2.45. The van der Waals surface area contributed by atoms with E-state index in [9.17, 15) is 26.7 Å². The van der Waals surface area contributed by atoms with Crippen molar-refractivity contribution in [1.29, 1.82) is 0 Å². The Kier molecular flexibility index (Phi) is 8.80. The second-order valence-corrected chi connectivity index (χ2v) is 14.6. The number of aryl methyl sites for hydroxylation is 1. The molecule has 3 N–H and O–H groups in total. The second kappa shape index (κ2) is 12.1. The highest BCUT2D eigenvalue weighted by molar-refractivity contribution is 7.89. The molecule has 1 aromatic heterocycles. The number of nitrogens with zero attached hydrogens (tertiary/aromatic N) is 2. The minimum Gasteiger partial charge on any atom is -0.491 e. The molecule has 2 atom stereocenters. The van der Waals surface area contributed by atoms with Crippen molar-refractivity contribution in [3.05, 3.63) is 65.0 Å². The Labute approximate surface area is 246 Å². The van der Waals surface area contributed by atoms with Crippen molar-refractivity contribution in [2.45, 2.75) is 67.1 Å². The van der Waals surface area contributed by atoms with Crippen LogP contribution >= 0.6 is 0 Å². The highest BCUT2D eigenvalue weighted by Gasteiger charge is 2.45. The van der Waals surface area contributed by atoms with Crippen LogP contribution in [0.5, 0.6) is 5.75 Å². The number of nitrogens with two attached hydrogens (primary N) is 1. The first kappa shape index (κ1) is 30.6. The van der Waals surface area contributed by atoms with E-state index < -0.39 is 37.2 Å². The molecular weight excluding hydrogens is 582 g/mol. The maximum Gasteiger partial charge on any atom is 0.248 e. The lowest BCUT2D eigenvalue weighted by Gasteiger charge is -2.38. The summed E-state index contributed by atoms with van der Waals surface area (Å²) in [5.41, 5.74) is -0.188. The minimum absolute atomic E-state index is 0.00805. The summed E-state index contributed by atoms with van der Waals surface area (Å²) in [7, 11) is -7.83. The SMILES string of the molecule is CCn1cc(S(=O)(=O)N2CCC3(CC2)C[C@@H](CC[C@H](O)COc2cccc(S(N)(=O)=O)c2)CO3)c(=O)c2ccccc21. The van der Waals surface area contributed by atoms with Gasteiger partial charge in [0.05, 0.1) is 28.7 Å². The maximum absolute atomic E-state index is 13.6. The highest BCUT2D eigenvalue weighted by atomic mass is 32.2. The van der Waals surface area contributed by atoms with Crippen LogP contribution in [-0.4, -0.2) is 68.8 Å². The summed E-state index contributed by atoms with van der Waals surface area (Å²) in [6, 6.07) is 12.9. The van der Waals surface area contributed by atoms with E-state index in [1.807, 2.05) is 19.1 Å². The van der Waals surface area contributed by atoms with Crippen LogP contribution in [0.15, 0.2) is 69.3 Å². The Bertz CT molecular complexity index is 1710. The van der Waals surface area contributed by atoms with Gasteiger partial charge in [0.25, 0.3) is 0 Å². The van der Waals surface area contributed by atoms with Gasteiger partial charge in [-0.1, -0.05) is 18.2 Å². The Morgan fingerprint density at radius 1 is 1.12 bits per heavy atom. The molecule has 0 bridgehead atoms. The van der Waals surface area contributed by atoms with E-state index in [1.54, 1.807) is 22.8 Å². The van der Waals surface area contributed by atoms with Gasteiger partial charge >= 0.3 is 0 Å². The summed E-state index contributed by atoms with van der Waals surface area (Å²) < 4.78 is 65.2. The normalized spacial score (nSPS) is 20.2. The number of benzene rings is 2. The van der Waals surface area contributed by atoms with Crippen LogP contribution in [0.2, 0.25) is 0 Å². The number of hydrogen-bond acceptors (Lipinski definition) is 8. The molecule has 2 aliphatic heterocycles. The number of rotatable bonds is 10. The van der Waals surface area contributed by atoms with E-state index in [4.69, 9.17) is 14.6 Å². The average Bonchev–Trinajstić information content (AvgIpc) is 3.37. The van der Waals surface area contributed by atoms with Crippen LogP contribution in [-0.2, 0) is 31.3 Å². The van der Waals surface area contributed by atoms with E-state index in [-0.39, 0.29) is 35.4 Å². The molecule has 2 aliphatic rings. The summed E-state index contributed by atoms with van der Waals surface area (Å²) >= 11 is 0. The number of sulfonamides is 2. The molecule has 0 saturated carbocycles. The van der Waals surface area contributed by atoms with Crippen molar-refractivity contribution in [3.8, 4) is 5.75 Å². The molecule has 11 nitrogen and oxygen atoms in total. The first-order valence-electron chi connectivity index (χ1n) is 14.1. The van der Waals surface area contributed by atoms with Crippen molar-refractivity contribution in [1.82, 2.24) is 8.87 Å². The number of primary sulfonamides is 1. The fourth-order valence-corrected chi connectivity index (χ4v) is 8.05. The molecule has 42 heavy (non-hydrogen) atoms. The topological polar surface area (TPSA) is 158 Å². The Morgan fingerprint density at radius 2 is 1.86 bits per heavy atom. The zero-order valence-corrected chi connectivity index (χ0v) is 25.1. The van der Waals surface area contributed by atoms with Gasteiger partial charge < -0.3 is 19.1 Å². The van der Waals surface area contributed by atoms with Gasteiger partial charge in [0.1, 0.15) is 17.3 Å². The summed E-state index contributed by atoms with van der Waals surface area (Å²) in [5.74, 6) is 0.522. The lowest BCUT2D eigenvalue weighted by molar-refractivity contribution is -0.0314. The predicted molar refractivity (Wildman–Crippen MR) is 157 cm³/mol. The molecule has 5 rings (SSSR count). The number of aromatic nitrogens is 1. The first-order chi connectivity index (χ1) is 19.9. The number of aliphatic hydroxyl groups is 1. The van der Waals surface area contributed by atoms with E-state index in [0.717, 1.165) is 6.42 Å². The number of piperidine rings is 1. The van der Waals surface area contributed by atoms with Gasteiger partial charge in [-0.25, -0.2) is 22.0 Å². The van der Waals surface area contributed by atoms with Crippen molar-refractivity contribution in [2.75, 3.05) is 26.3 Å². The molecule has 1 spiro atoms. The second-order valence-electron chi connectivity index (χ2n) is 11.2. The molecular formula is C29H37N3O8S2. The number of pyridine rings is 1. The minimum atomic E-state index is -3.98. The first-order valence-corrected chi connectivity index (χ1v) is 17.1. The Morgan fingerprint density at radius 3 is 2.57 bits per heavy atom. The third-order valence-corrected chi connectivity index (χ3v) is 11.1. The zero-order chi connectivity index (χ0) is 30.1. The van der Waals surface area contributed by atoms with Gasteiger partial charge in [-0.05, 0) is 69.2 Å². The standard InChI is InChI=1S/C29H37N3O8S2/c1-2-31-18-27(28(34)25-8-3-4-9-26(25)31)42(37,38)32-14-12-29(13-15-32)17-21(19-40-29)10-11-22(33)20-39-23-6-5-7-24(16-23)41(30,35)36/h3-9,16,18,21-22,33H,2,10-15,17,19-20H2,1H3,(H2,30,35,36)/t21-,22+/m1/s1. The average molecular weight is 620 g/mol. The van der Waals surface area contributed by atoms with Gasteiger partial charge in [-0.15, -0.1) is 0 Å². The van der Waals surface area contributed by atoms with Crippen molar-refractivity contribution in [2.24, 2.45) is 11.1 Å². The quantitative estimate of drug-likeness (QED) is 0.350. The fraction of sp³-hybridized carbons (Fsp3) is 0.483. The molecule has 228 valence electrons. The molecule has 3 heterocycles. The number of para-hydroxylation sites is 1. The zero-order valence-electron chi connectivity index (χ0n) is 23.5. The van der Waals surface area contributed by atoms with Gasteiger partial charge in [0, 0.05) is 37.3 Å². The Hall–Kier alpha value is -2.81. The van der Waals surface area contributed by atoms with Crippen LogP contribution < -0.4 is 15.3 Å². The molecule has 2 fully saturated rings. The molecule has 0 radical (unpaired) electrons. The van der Waals surface area contributed by atoms with Crippen LogP contribution in [0, 0.1) is 5.92 Å². The number of ether oxygens (including phenoxy) is 2. The van der Waals surface area contributed by atoms with Crippen molar-refractivity contribution < 1.29 is 31.4 Å². The van der Waals surface area contributed by atoms with Crippen LogP contribution in [0.4, 0.5) is 0 Å². The molecule has 13 heteroatoms. The monoisotopic (exact) mass is 619 g/mol. The molecule has 2 saturated heterocycles. The molecule has 0 aliphatic carbocycles. The van der Waals surface area contributed by atoms with Gasteiger partial charge in [-0.2, -0.15) is 4.31 Å². The maximum atomic E-state index is 13.6. The summed E-state index contributed by atoms with van der Waals surface area (Å²) in [5, 5.41) is 16.0. The molecule has 0 amide bonds. The van der Waals surface area contributed by atoms with Gasteiger partial charge in [0.15, 0.2) is 0 Å². The van der Waals surface area contributed by atoms with E-state index in [2.05, 4.69) is 0 Å². The highest BCUT2D eigenvalue weighted by Crippen LogP contribution is 2.41. The van der Waals surface area contributed by atoms with Crippen molar-refractivity contribution in [3.63, 3.8) is 0 Å². The molecule has 2 aromatic carbocycles. The van der Waals surface area contributed by atoms with Gasteiger partial charge in [-0.3, -0.25) is 4.79 Å². The smallest absolute Gasteiger partial charge is 0.248 e. The summed E-state index contributed by atoms with van der Waals surface area (Å²) in [4.78, 5) is 12.9. The third kappa shape index (κ3) is 6.41. The number of hydrogen-bond donors (Lipinski definition) is 2. The van der Waals surface area contributed by atoms with Crippen molar-refractivity contribution >= 4 is 30.9 Å². The van der Waals surface area contributed by atoms with Crippen LogP contribution in [0.25, 0.3) is 10.9 Å². The fourth-order valence-electron chi connectivity index (χ4n) is 5.95. The number of fused-ring (bicyclic) bond motifs is 1. The number of aliphatic hydroxyl groups excluding tert-OH is 1. The lowest BCUT2D eigenvalue weighted by atomic mass is 9.84. The van der Waals surface area contributed by atoms with Crippen LogP contribution in [0.1, 0.15) is 39.0 Å². The van der Waals surface area contributed by atoms with E-state index in [1.165, 1.54) is 28.7 Å². The third-order valence-electron chi connectivity index (χ3n) is 8.32. The molecule has 0 unspecified atom stereocenters.